The van der Waals surface area contributed by atoms with Crippen LogP contribution in [-0.2, 0) is 9.53 Å². The van der Waals surface area contributed by atoms with E-state index in [1.165, 1.54) is 0 Å². The van der Waals surface area contributed by atoms with Crippen LogP contribution in [0.5, 0.6) is 5.75 Å². The molecule has 1 fully saturated rings. The van der Waals surface area contributed by atoms with Crippen molar-refractivity contribution in [2.24, 2.45) is 0 Å². The van der Waals surface area contributed by atoms with E-state index in [9.17, 15) is 4.79 Å². The second-order valence-corrected chi connectivity index (χ2v) is 5.32. The van der Waals surface area contributed by atoms with Gasteiger partial charge in [0.15, 0.2) is 11.9 Å². The summed E-state index contributed by atoms with van der Waals surface area (Å²) < 4.78 is 12.4. The quantitative estimate of drug-likeness (QED) is 0.770. The Balaban J connectivity index is 1.93. The molecular formula is C13H15IO3. The van der Waals surface area contributed by atoms with E-state index in [1.54, 1.807) is 0 Å². The Bertz CT molecular complexity index is 405. The predicted octanol–water partition coefficient (Wildman–Crippen LogP) is 2.81. The molecule has 0 heterocycles. The van der Waals surface area contributed by atoms with Gasteiger partial charge in [-0.15, -0.1) is 0 Å². The predicted molar refractivity (Wildman–Crippen MR) is 73.2 cm³/mol. The monoisotopic (exact) mass is 346 g/mol. The van der Waals surface area contributed by atoms with Crippen molar-refractivity contribution in [2.75, 3.05) is 6.61 Å². The van der Waals surface area contributed by atoms with E-state index in [4.69, 9.17) is 9.47 Å². The maximum atomic E-state index is 11.4. The summed E-state index contributed by atoms with van der Waals surface area (Å²) in [6.45, 7) is 2.64. The summed E-state index contributed by atoms with van der Waals surface area (Å²) in [5, 5.41) is 0. The molecule has 2 atom stereocenters. The Labute approximate surface area is 115 Å². The Hall–Kier alpha value is -0.620. The molecule has 2 unspecified atom stereocenters. The summed E-state index contributed by atoms with van der Waals surface area (Å²) in [6, 6.07) is 7.81. The summed E-state index contributed by atoms with van der Waals surface area (Å²) in [5.41, 5.74) is 0. The zero-order chi connectivity index (χ0) is 12.3. The molecule has 1 aromatic rings. The summed E-state index contributed by atoms with van der Waals surface area (Å²) in [7, 11) is 0. The minimum Gasteiger partial charge on any atom is -0.487 e. The van der Waals surface area contributed by atoms with E-state index in [0.717, 1.165) is 15.7 Å². The van der Waals surface area contributed by atoms with E-state index in [0.29, 0.717) is 13.0 Å². The lowest BCUT2D eigenvalue weighted by Gasteiger charge is -2.34. The van der Waals surface area contributed by atoms with Crippen molar-refractivity contribution in [3.63, 3.8) is 0 Å². The molecule has 4 heteroatoms. The molecule has 3 nitrogen and oxygen atoms in total. The van der Waals surface area contributed by atoms with Gasteiger partial charge in [0.2, 0.25) is 0 Å². The first kappa shape index (κ1) is 12.8. The van der Waals surface area contributed by atoms with Gasteiger partial charge in [0, 0.05) is 16.6 Å². The fourth-order valence-corrected chi connectivity index (χ4v) is 2.25. The summed E-state index contributed by atoms with van der Waals surface area (Å²) in [6.07, 6.45) is 0.889. The van der Waals surface area contributed by atoms with Crippen molar-refractivity contribution >= 4 is 28.4 Å². The van der Waals surface area contributed by atoms with Crippen molar-refractivity contribution in [3.8, 4) is 5.75 Å². The molecule has 0 radical (unpaired) electrons. The zero-order valence-electron chi connectivity index (χ0n) is 9.69. The fraction of sp³-hybridized carbons (Fsp3) is 0.462. The number of hydrogen-bond donors (Lipinski definition) is 0. The molecule has 0 aliphatic heterocycles. The van der Waals surface area contributed by atoms with Gasteiger partial charge in [0.1, 0.15) is 11.9 Å². The van der Waals surface area contributed by atoms with Crippen LogP contribution in [0.1, 0.15) is 19.8 Å². The number of carbonyl (C=O) groups excluding carboxylic acids is 1. The van der Waals surface area contributed by atoms with Crippen molar-refractivity contribution in [3.05, 3.63) is 27.8 Å². The third-order valence-corrected chi connectivity index (χ3v) is 3.31. The van der Waals surface area contributed by atoms with Crippen LogP contribution in [0.25, 0.3) is 0 Å². The highest BCUT2D eigenvalue weighted by molar-refractivity contribution is 14.1. The first-order valence-corrected chi connectivity index (χ1v) is 6.85. The molecule has 2 rings (SSSR count). The van der Waals surface area contributed by atoms with Gasteiger partial charge in [-0.2, -0.15) is 0 Å². The van der Waals surface area contributed by atoms with Gasteiger partial charge in [-0.1, -0.05) is 13.0 Å². The number of benzene rings is 1. The molecule has 0 aromatic heterocycles. The van der Waals surface area contributed by atoms with Crippen LogP contribution >= 0.6 is 22.6 Å². The largest absolute Gasteiger partial charge is 0.487 e. The summed E-state index contributed by atoms with van der Waals surface area (Å²) >= 11 is 2.24. The molecule has 1 saturated carbocycles. The Kier molecular flexibility index (Phi) is 4.39. The highest BCUT2D eigenvalue weighted by Crippen LogP contribution is 2.26. The topological polar surface area (TPSA) is 35.5 Å². The molecular weight excluding hydrogens is 331 g/mol. The number of halogens is 1. The Morgan fingerprint density at radius 3 is 2.94 bits per heavy atom. The van der Waals surface area contributed by atoms with Crippen LogP contribution in [0, 0.1) is 3.57 Å². The molecule has 0 bridgehead atoms. The highest BCUT2D eigenvalue weighted by atomic mass is 127. The van der Waals surface area contributed by atoms with E-state index in [-0.39, 0.29) is 18.0 Å². The van der Waals surface area contributed by atoms with Crippen molar-refractivity contribution in [1.82, 2.24) is 0 Å². The van der Waals surface area contributed by atoms with Crippen LogP contribution in [0.2, 0.25) is 0 Å². The number of ketones is 1. The van der Waals surface area contributed by atoms with Crippen LogP contribution in [0.4, 0.5) is 0 Å². The van der Waals surface area contributed by atoms with Gasteiger partial charge >= 0.3 is 0 Å². The number of hydrogen-bond acceptors (Lipinski definition) is 3. The lowest BCUT2D eigenvalue weighted by atomic mass is 9.90. The van der Waals surface area contributed by atoms with Crippen LogP contribution < -0.4 is 4.74 Å². The molecule has 1 aromatic carbocycles. The minimum atomic E-state index is -0.368. The van der Waals surface area contributed by atoms with Gasteiger partial charge in [0.05, 0.1) is 0 Å². The molecule has 1 aliphatic carbocycles. The molecule has 0 N–H and O–H groups in total. The maximum absolute atomic E-state index is 11.4. The van der Waals surface area contributed by atoms with Crippen LogP contribution in [-0.4, -0.2) is 24.6 Å². The number of rotatable bonds is 5. The number of carbonyl (C=O) groups is 1. The lowest BCUT2D eigenvalue weighted by Crippen LogP contribution is -2.52. The Morgan fingerprint density at radius 2 is 2.29 bits per heavy atom. The van der Waals surface area contributed by atoms with Gasteiger partial charge in [-0.05, 0) is 47.2 Å². The average Bonchev–Trinajstić information content (AvgIpc) is 2.29. The lowest BCUT2D eigenvalue weighted by molar-refractivity contribution is -0.154. The first-order valence-electron chi connectivity index (χ1n) is 5.77. The van der Waals surface area contributed by atoms with Gasteiger partial charge in [-0.25, -0.2) is 0 Å². The zero-order valence-corrected chi connectivity index (χ0v) is 11.8. The molecule has 17 heavy (non-hydrogen) atoms. The minimum absolute atomic E-state index is 0.118. The van der Waals surface area contributed by atoms with Gasteiger partial charge < -0.3 is 9.47 Å². The van der Waals surface area contributed by atoms with Gasteiger partial charge in [0.25, 0.3) is 0 Å². The number of ether oxygens (including phenoxy) is 2. The fourth-order valence-electron chi connectivity index (χ4n) is 1.73. The molecule has 0 amide bonds. The molecule has 1 aliphatic rings. The third kappa shape index (κ3) is 3.19. The van der Waals surface area contributed by atoms with Crippen molar-refractivity contribution in [2.45, 2.75) is 32.0 Å². The first-order chi connectivity index (χ1) is 8.20. The van der Waals surface area contributed by atoms with Crippen LogP contribution in [0.15, 0.2) is 24.3 Å². The summed E-state index contributed by atoms with van der Waals surface area (Å²) in [5.74, 6) is 0.952. The molecule has 92 valence electrons. The van der Waals surface area contributed by atoms with E-state index < -0.39 is 0 Å². The molecule has 0 spiro atoms. The SMILES string of the molecule is CCCOC1C(=O)CC1Oc1cccc(I)c1. The normalized spacial score (nSPS) is 23.3. The highest BCUT2D eigenvalue weighted by Gasteiger charge is 2.42. The standard InChI is InChI=1S/C13H15IO3/c1-2-6-16-13-11(15)8-12(13)17-10-5-3-4-9(14)7-10/h3-5,7,12-13H,2,6,8H2,1H3. The average molecular weight is 346 g/mol. The Morgan fingerprint density at radius 1 is 1.47 bits per heavy atom. The van der Waals surface area contributed by atoms with E-state index >= 15 is 0 Å². The summed E-state index contributed by atoms with van der Waals surface area (Å²) in [4.78, 5) is 11.4. The maximum Gasteiger partial charge on any atom is 0.169 e. The number of Topliss-reactive ketones (excluding diaryl/α,β-unsaturated/α-hetero) is 1. The van der Waals surface area contributed by atoms with Gasteiger partial charge in [-0.3, -0.25) is 4.79 Å². The van der Waals surface area contributed by atoms with Crippen molar-refractivity contribution < 1.29 is 14.3 Å². The van der Waals surface area contributed by atoms with Crippen molar-refractivity contribution in [1.29, 1.82) is 0 Å². The van der Waals surface area contributed by atoms with E-state index in [1.807, 2.05) is 31.2 Å². The second-order valence-electron chi connectivity index (χ2n) is 4.08. The van der Waals surface area contributed by atoms with E-state index in [2.05, 4.69) is 22.6 Å². The van der Waals surface area contributed by atoms with Crippen LogP contribution in [0.3, 0.4) is 0 Å². The smallest absolute Gasteiger partial charge is 0.169 e. The third-order valence-electron chi connectivity index (χ3n) is 2.64. The second kappa shape index (κ2) is 5.82. The molecule has 0 saturated heterocycles.